The van der Waals surface area contributed by atoms with Crippen LogP contribution in [-0.2, 0) is 4.74 Å². The molecule has 1 aliphatic rings. The second-order valence-corrected chi connectivity index (χ2v) is 2.18. The number of hydrogen-bond donors (Lipinski definition) is 3. The van der Waals surface area contributed by atoms with Crippen molar-refractivity contribution in [2.75, 3.05) is 6.61 Å². The molecule has 60 valence electrons. The van der Waals surface area contributed by atoms with Crippen LogP contribution in [0.1, 0.15) is 0 Å². The maximum absolute atomic E-state index is 12.4. The fraction of sp³-hybridized carbons (Fsp3) is 1.00. The lowest BCUT2D eigenvalue weighted by Gasteiger charge is -2.08. The monoisotopic (exact) mass is 152 g/mol. The number of rotatable bonds is 1. The summed E-state index contributed by atoms with van der Waals surface area (Å²) in [6, 6.07) is 0. The molecular formula is C5H9FO4. The molecule has 1 rings (SSSR count). The summed E-state index contributed by atoms with van der Waals surface area (Å²) in [6.45, 7) is -0.487. The lowest BCUT2D eigenvalue weighted by molar-refractivity contribution is -0.121. The Morgan fingerprint density at radius 1 is 1.40 bits per heavy atom. The van der Waals surface area contributed by atoms with Crippen molar-refractivity contribution in [1.29, 1.82) is 0 Å². The first-order valence-electron chi connectivity index (χ1n) is 2.93. The van der Waals surface area contributed by atoms with E-state index in [-0.39, 0.29) is 0 Å². The van der Waals surface area contributed by atoms with E-state index in [1.54, 1.807) is 0 Å². The van der Waals surface area contributed by atoms with E-state index in [4.69, 9.17) is 15.3 Å². The van der Waals surface area contributed by atoms with Crippen LogP contribution in [0.3, 0.4) is 0 Å². The topological polar surface area (TPSA) is 69.9 Å². The zero-order valence-corrected chi connectivity index (χ0v) is 5.14. The van der Waals surface area contributed by atoms with Gasteiger partial charge in [-0.05, 0) is 0 Å². The van der Waals surface area contributed by atoms with Crippen molar-refractivity contribution in [3.8, 4) is 0 Å². The minimum Gasteiger partial charge on any atom is -0.394 e. The Morgan fingerprint density at radius 3 is 2.20 bits per heavy atom. The van der Waals surface area contributed by atoms with E-state index < -0.39 is 31.3 Å². The van der Waals surface area contributed by atoms with Crippen LogP contribution in [0.15, 0.2) is 0 Å². The average molecular weight is 152 g/mol. The van der Waals surface area contributed by atoms with Crippen molar-refractivity contribution in [2.45, 2.75) is 24.7 Å². The van der Waals surface area contributed by atoms with Gasteiger partial charge >= 0.3 is 0 Å². The van der Waals surface area contributed by atoms with E-state index in [9.17, 15) is 4.39 Å². The Morgan fingerprint density at radius 2 is 2.00 bits per heavy atom. The molecule has 0 aromatic heterocycles. The fourth-order valence-electron chi connectivity index (χ4n) is 0.859. The molecule has 1 fully saturated rings. The molecular weight excluding hydrogens is 143 g/mol. The van der Waals surface area contributed by atoms with E-state index in [1.807, 2.05) is 0 Å². The number of halogens is 1. The molecule has 1 aliphatic heterocycles. The number of aliphatic hydroxyl groups is 3. The summed E-state index contributed by atoms with van der Waals surface area (Å²) in [7, 11) is 0. The predicted octanol–water partition coefficient (Wildman–Crippen LogP) is -1.61. The lowest BCUT2D eigenvalue weighted by atomic mass is 10.2. The van der Waals surface area contributed by atoms with Crippen LogP contribution in [0.4, 0.5) is 4.39 Å². The van der Waals surface area contributed by atoms with Crippen LogP contribution in [0.25, 0.3) is 0 Å². The van der Waals surface area contributed by atoms with Crippen LogP contribution >= 0.6 is 0 Å². The van der Waals surface area contributed by atoms with Crippen molar-refractivity contribution >= 4 is 0 Å². The maximum Gasteiger partial charge on any atom is 0.189 e. The average Bonchev–Trinajstić information content (AvgIpc) is 2.17. The molecule has 0 unspecified atom stereocenters. The van der Waals surface area contributed by atoms with E-state index in [2.05, 4.69) is 4.74 Å². The summed E-state index contributed by atoms with van der Waals surface area (Å²) in [4.78, 5) is 0. The highest BCUT2D eigenvalue weighted by Gasteiger charge is 2.42. The van der Waals surface area contributed by atoms with Crippen molar-refractivity contribution < 1.29 is 24.4 Å². The third-order valence-corrected chi connectivity index (χ3v) is 1.47. The molecule has 0 aromatic carbocycles. The first-order chi connectivity index (χ1) is 4.66. The Bertz CT molecular complexity index is 120. The number of aliphatic hydroxyl groups excluding tert-OH is 3. The Labute approximate surface area is 56.9 Å². The quantitative estimate of drug-likeness (QED) is 0.423. The normalized spacial score (nSPS) is 48.0. The van der Waals surface area contributed by atoms with Gasteiger partial charge in [0.1, 0.15) is 12.2 Å². The number of alkyl halides is 1. The summed E-state index contributed by atoms with van der Waals surface area (Å²) in [5, 5.41) is 25.8. The van der Waals surface area contributed by atoms with E-state index in [0.29, 0.717) is 0 Å². The van der Waals surface area contributed by atoms with E-state index in [1.165, 1.54) is 0 Å². The molecule has 1 saturated heterocycles. The summed E-state index contributed by atoms with van der Waals surface area (Å²) in [5.74, 6) is 0. The summed E-state index contributed by atoms with van der Waals surface area (Å²) in [5.41, 5.74) is 0. The second kappa shape index (κ2) is 2.79. The Kier molecular flexibility index (Phi) is 2.20. The standard InChI is InChI=1S/C5H9FO4/c6-3-4(8)2(1-7)10-5(3)9/h2-5,7-9H,1H2/t2-,3+,4-,5-/m0/s1. The molecule has 0 bridgehead atoms. The van der Waals surface area contributed by atoms with Gasteiger partial charge in [0, 0.05) is 0 Å². The Hall–Kier alpha value is -0.230. The molecule has 0 aromatic rings. The highest BCUT2D eigenvalue weighted by atomic mass is 19.1. The molecule has 10 heavy (non-hydrogen) atoms. The van der Waals surface area contributed by atoms with Gasteiger partial charge in [-0.3, -0.25) is 0 Å². The zero-order valence-electron chi connectivity index (χ0n) is 5.14. The van der Waals surface area contributed by atoms with Crippen LogP contribution in [-0.4, -0.2) is 46.6 Å². The molecule has 0 aliphatic carbocycles. The molecule has 1 heterocycles. The highest BCUT2D eigenvalue weighted by molar-refractivity contribution is 4.85. The maximum atomic E-state index is 12.4. The molecule has 4 nitrogen and oxygen atoms in total. The Balaban J connectivity index is 2.53. The van der Waals surface area contributed by atoms with Crippen molar-refractivity contribution in [3.63, 3.8) is 0 Å². The second-order valence-electron chi connectivity index (χ2n) is 2.18. The van der Waals surface area contributed by atoms with Crippen molar-refractivity contribution in [1.82, 2.24) is 0 Å². The van der Waals surface area contributed by atoms with Crippen molar-refractivity contribution in [2.24, 2.45) is 0 Å². The molecule has 0 radical (unpaired) electrons. The van der Waals surface area contributed by atoms with Gasteiger partial charge in [0.15, 0.2) is 12.5 Å². The predicted molar refractivity (Wildman–Crippen MR) is 28.9 cm³/mol. The SMILES string of the molecule is OC[C@@H]1O[C@H](O)[C@H](F)[C@H]1O. The van der Waals surface area contributed by atoms with Gasteiger partial charge in [-0.1, -0.05) is 0 Å². The lowest BCUT2D eigenvalue weighted by Crippen LogP contribution is -2.30. The van der Waals surface area contributed by atoms with Crippen LogP contribution in [0.2, 0.25) is 0 Å². The molecule has 4 atom stereocenters. The fourth-order valence-corrected chi connectivity index (χ4v) is 0.859. The molecule has 5 heteroatoms. The summed E-state index contributed by atoms with van der Waals surface area (Å²) >= 11 is 0. The minimum absolute atomic E-state index is 0.487. The smallest absolute Gasteiger partial charge is 0.189 e. The van der Waals surface area contributed by atoms with Crippen LogP contribution in [0, 0.1) is 0 Å². The molecule has 3 N–H and O–H groups in total. The summed E-state index contributed by atoms with van der Waals surface area (Å²) < 4.78 is 16.8. The van der Waals surface area contributed by atoms with E-state index >= 15 is 0 Å². The first-order valence-corrected chi connectivity index (χ1v) is 2.93. The van der Waals surface area contributed by atoms with Gasteiger partial charge in [0.05, 0.1) is 6.61 Å². The zero-order chi connectivity index (χ0) is 7.72. The molecule has 0 saturated carbocycles. The van der Waals surface area contributed by atoms with Crippen molar-refractivity contribution in [3.05, 3.63) is 0 Å². The van der Waals surface area contributed by atoms with Gasteiger partial charge in [-0.2, -0.15) is 0 Å². The molecule has 0 spiro atoms. The van der Waals surface area contributed by atoms with Gasteiger partial charge in [0.2, 0.25) is 0 Å². The van der Waals surface area contributed by atoms with Crippen LogP contribution in [0.5, 0.6) is 0 Å². The first kappa shape index (κ1) is 7.87. The summed E-state index contributed by atoms with van der Waals surface area (Å²) in [6.07, 6.45) is -5.82. The molecule has 0 amide bonds. The third kappa shape index (κ3) is 1.13. The number of ether oxygens (including phenoxy) is 1. The van der Waals surface area contributed by atoms with Gasteiger partial charge < -0.3 is 20.1 Å². The number of hydrogen-bond acceptors (Lipinski definition) is 4. The highest BCUT2D eigenvalue weighted by Crippen LogP contribution is 2.21. The minimum atomic E-state index is -1.81. The van der Waals surface area contributed by atoms with E-state index in [0.717, 1.165) is 0 Å². The van der Waals surface area contributed by atoms with Gasteiger partial charge in [-0.15, -0.1) is 0 Å². The van der Waals surface area contributed by atoms with Gasteiger partial charge in [-0.25, -0.2) is 4.39 Å². The van der Waals surface area contributed by atoms with Crippen LogP contribution < -0.4 is 0 Å². The van der Waals surface area contributed by atoms with Gasteiger partial charge in [0.25, 0.3) is 0 Å². The largest absolute Gasteiger partial charge is 0.394 e. The third-order valence-electron chi connectivity index (χ3n) is 1.47.